The highest BCUT2D eigenvalue weighted by atomic mass is 32.2. The number of hydrogen-bond acceptors (Lipinski definition) is 4. The molecule has 3 nitrogen and oxygen atoms in total. The molecular formula is C14H17NO2S2. The van der Waals surface area contributed by atoms with E-state index in [0.29, 0.717) is 12.8 Å². The molecule has 1 aromatic carbocycles. The van der Waals surface area contributed by atoms with Gasteiger partial charge >= 0.3 is 5.97 Å². The van der Waals surface area contributed by atoms with Crippen molar-refractivity contribution in [3.63, 3.8) is 0 Å². The van der Waals surface area contributed by atoms with E-state index in [1.807, 2.05) is 32.0 Å². The lowest BCUT2D eigenvalue weighted by atomic mass is 10.0. The van der Waals surface area contributed by atoms with Crippen LogP contribution in [0.5, 0.6) is 0 Å². The standard InChI is InChI=1S/C14H17NO2S2/c1-3-14(4-2,13(16)17)19-12-9-18-11-8-6-5-7-10(11)15-12/h5-8H,3-4,9H2,1-2H3,(H,16,17). The molecule has 0 fully saturated rings. The summed E-state index contributed by atoms with van der Waals surface area (Å²) < 4.78 is -0.744. The third-order valence-corrected chi connectivity index (χ3v) is 6.18. The summed E-state index contributed by atoms with van der Waals surface area (Å²) in [5.74, 6) is 0.0190. The summed E-state index contributed by atoms with van der Waals surface area (Å²) in [6, 6.07) is 7.98. The van der Waals surface area contributed by atoms with E-state index in [1.54, 1.807) is 11.8 Å². The SMILES string of the molecule is CCC(CC)(SC1=Nc2ccccc2SC1)C(=O)O. The molecule has 102 valence electrons. The smallest absolute Gasteiger partial charge is 0.320 e. The maximum atomic E-state index is 11.5. The Balaban J connectivity index is 2.25. The Morgan fingerprint density at radius 2 is 2.11 bits per heavy atom. The van der Waals surface area contributed by atoms with Crippen molar-refractivity contribution >= 4 is 40.2 Å². The van der Waals surface area contributed by atoms with E-state index in [1.165, 1.54) is 16.7 Å². The second-order valence-electron chi connectivity index (χ2n) is 4.37. The van der Waals surface area contributed by atoms with Gasteiger partial charge in [0, 0.05) is 10.6 Å². The van der Waals surface area contributed by atoms with E-state index >= 15 is 0 Å². The first-order valence-corrected chi connectivity index (χ1v) is 8.13. The molecule has 0 unspecified atom stereocenters. The number of benzene rings is 1. The van der Waals surface area contributed by atoms with Crippen molar-refractivity contribution in [3.05, 3.63) is 24.3 Å². The first kappa shape index (κ1) is 14.5. The number of para-hydroxylation sites is 1. The summed E-state index contributed by atoms with van der Waals surface area (Å²) in [4.78, 5) is 17.3. The quantitative estimate of drug-likeness (QED) is 0.904. The number of nitrogens with zero attached hydrogens (tertiary/aromatic N) is 1. The highest BCUT2D eigenvalue weighted by Crippen LogP contribution is 2.41. The fourth-order valence-corrected chi connectivity index (χ4v) is 4.16. The molecule has 0 bridgehead atoms. The number of fused-ring (bicyclic) bond motifs is 1. The maximum absolute atomic E-state index is 11.5. The van der Waals surface area contributed by atoms with Crippen LogP contribution in [0.2, 0.25) is 0 Å². The average Bonchev–Trinajstić information content (AvgIpc) is 2.44. The van der Waals surface area contributed by atoms with Gasteiger partial charge in [0.2, 0.25) is 0 Å². The monoisotopic (exact) mass is 295 g/mol. The number of carboxylic acids is 1. The predicted molar refractivity (Wildman–Crippen MR) is 82.8 cm³/mol. The topological polar surface area (TPSA) is 49.7 Å². The molecule has 1 heterocycles. The van der Waals surface area contributed by atoms with Gasteiger partial charge in [-0.2, -0.15) is 0 Å². The molecule has 2 rings (SSSR count). The van der Waals surface area contributed by atoms with Crippen LogP contribution in [0.4, 0.5) is 5.69 Å². The summed E-state index contributed by atoms with van der Waals surface area (Å²) in [6.45, 7) is 3.85. The zero-order valence-electron chi connectivity index (χ0n) is 11.0. The largest absolute Gasteiger partial charge is 0.480 e. The van der Waals surface area contributed by atoms with Gasteiger partial charge < -0.3 is 5.11 Å². The van der Waals surface area contributed by atoms with Crippen LogP contribution in [-0.2, 0) is 4.79 Å². The van der Waals surface area contributed by atoms with E-state index in [9.17, 15) is 9.90 Å². The van der Waals surface area contributed by atoms with E-state index in [-0.39, 0.29) is 0 Å². The molecule has 5 heteroatoms. The van der Waals surface area contributed by atoms with Gasteiger partial charge in [-0.1, -0.05) is 37.7 Å². The number of hydrogen-bond donors (Lipinski definition) is 1. The van der Waals surface area contributed by atoms with E-state index in [0.717, 1.165) is 16.5 Å². The van der Waals surface area contributed by atoms with Crippen molar-refractivity contribution in [2.24, 2.45) is 4.99 Å². The first-order chi connectivity index (χ1) is 9.11. The lowest BCUT2D eigenvalue weighted by molar-refractivity contribution is -0.140. The van der Waals surface area contributed by atoms with Gasteiger partial charge in [0.05, 0.1) is 10.7 Å². The van der Waals surface area contributed by atoms with Gasteiger partial charge in [0.15, 0.2) is 0 Å². The number of thioether (sulfide) groups is 2. The normalized spacial score (nSPS) is 14.7. The van der Waals surface area contributed by atoms with Crippen molar-refractivity contribution < 1.29 is 9.90 Å². The van der Waals surface area contributed by atoms with E-state index in [2.05, 4.69) is 11.1 Å². The summed E-state index contributed by atoms with van der Waals surface area (Å²) in [5.41, 5.74) is 0.952. The summed E-state index contributed by atoms with van der Waals surface area (Å²) in [7, 11) is 0. The van der Waals surface area contributed by atoms with Gasteiger partial charge in [0.1, 0.15) is 4.75 Å². The van der Waals surface area contributed by atoms with Crippen molar-refractivity contribution in [2.75, 3.05) is 5.75 Å². The van der Waals surface area contributed by atoms with Gasteiger partial charge in [-0.3, -0.25) is 4.79 Å². The Hall–Kier alpha value is -0.940. The van der Waals surface area contributed by atoms with Gasteiger partial charge in [0.25, 0.3) is 0 Å². The molecule has 0 radical (unpaired) electrons. The molecule has 1 aliphatic rings. The Morgan fingerprint density at radius 3 is 2.74 bits per heavy atom. The molecule has 0 saturated heterocycles. The Labute approximate surface area is 121 Å². The van der Waals surface area contributed by atoms with Crippen molar-refractivity contribution in [1.29, 1.82) is 0 Å². The molecule has 0 aliphatic carbocycles. The Morgan fingerprint density at radius 1 is 1.42 bits per heavy atom. The number of rotatable bonds is 4. The van der Waals surface area contributed by atoms with Crippen LogP contribution in [0.15, 0.2) is 34.2 Å². The second kappa shape index (κ2) is 6.01. The minimum Gasteiger partial charge on any atom is -0.480 e. The number of aliphatic imine (C=N–C) groups is 1. The zero-order valence-corrected chi connectivity index (χ0v) is 12.7. The van der Waals surface area contributed by atoms with Crippen LogP contribution in [0.25, 0.3) is 0 Å². The molecule has 1 N–H and O–H groups in total. The van der Waals surface area contributed by atoms with Crippen LogP contribution in [0, 0.1) is 0 Å². The minimum atomic E-state index is -0.744. The number of carbonyl (C=O) groups is 1. The van der Waals surface area contributed by atoms with Crippen LogP contribution >= 0.6 is 23.5 Å². The van der Waals surface area contributed by atoms with E-state index in [4.69, 9.17) is 0 Å². The third kappa shape index (κ3) is 2.98. The van der Waals surface area contributed by atoms with Crippen molar-refractivity contribution in [2.45, 2.75) is 36.3 Å². The minimum absolute atomic E-state index is 0.606. The molecule has 0 spiro atoms. The van der Waals surface area contributed by atoms with Crippen LogP contribution in [-0.4, -0.2) is 26.6 Å². The average molecular weight is 295 g/mol. The summed E-state index contributed by atoms with van der Waals surface area (Å²) in [6.07, 6.45) is 1.21. The van der Waals surface area contributed by atoms with Crippen LogP contribution in [0.1, 0.15) is 26.7 Å². The van der Waals surface area contributed by atoms with Crippen molar-refractivity contribution in [3.8, 4) is 0 Å². The molecule has 0 atom stereocenters. The van der Waals surface area contributed by atoms with Crippen LogP contribution in [0.3, 0.4) is 0 Å². The van der Waals surface area contributed by atoms with Gasteiger partial charge in [-0.05, 0) is 25.0 Å². The van der Waals surface area contributed by atoms with Gasteiger partial charge in [-0.15, -0.1) is 11.8 Å². The summed E-state index contributed by atoms with van der Waals surface area (Å²) in [5, 5.41) is 10.4. The van der Waals surface area contributed by atoms with Crippen LogP contribution < -0.4 is 0 Å². The highest BCUT2D eigenvalue weighted by molar-refractivity contribution is 8.17. The lowest BCUT2D eigenvalue weighted by Gasteiger charge is -2.27. The van der Waals surface area contributed by atoms with Gasteiger partial charge in [-0.25, -0.2) is 4.99 Å². The molecule has 0 saturated carbocycles. The van der Waals surface area contributed by atoms with Crippen molar-refractivity contribution in [1.82, 2.24) is 0 Å². The maximum Gasteiger partial charge on any atom is 0.320 e. The Bertz CT molecular complexity index is 510. The Kier molecular flexibility index (Phi) is 4.58. The fraction of sp³-hybridized carbons (Fsp3) is 0.429. The molecule has 1 aromatic rings. The molecule has 0 aromatic heterocycles. The number of carboxylic acid groups (broad SMARTS) is 1. The van der Waals surface area contributed by atoms with E-state index < -0.39 is 10.7 Å². The number of aliphatic carboxylic acids is 1. The molecule has 1 aliphatic heterocycles. The fourth-order valence-electron chi connectivity index (χ4n) is 2.00. The lowest BCUT2D eigenvalue weighted by Crippen LogP contribution is -2.35. The first-order valence-electron chi connectivity index (χ1n) is 6.33. The highest BCUT2D eigenvalue weighted by Gasteiger charge is 2.37. The third-order valence-electron chi connectivity index (χ3n) is 3.31. The molecule has 19 heavy (non-hydrogen) atoms. The predicted octanol–water partition coefficient (Wildman–Crippen LogP) is 4.20. The molecular weight excluding hydrogens is 278 g/mol. The summed E-state index contributed by atoms with van der Waals surface area (Å²) >= 11 is 3.14. The second-order valence-corrected chi connectivity index (χ2v) is 6.84. The molecule has 0 amide bonds. The zero-order chi connectivity index (χ0) is 13.9.